The van der Waals surface area contributed by atoms with Gasteiger partial charge in [0.2, 0.25) is 5.91 Å². The summed E-state index contributed by atoms with van der Waals surface area (Å²) in [5.74, 6) is -0.581. The molecule has 0 aliphatic carbocycles. The summed E-state index contributed by atoms with van der Waals surface area (Å²) in [7, 11) is 3.21. The number of amides is 1. The Bertz CT molecular complexity index is 951. The first kappa shape index (κ1) is 19.0. The average molecular weight is 383 g/mol. The Morgan fingerprint density at radius 3 is 2.74 bits per heavy atom. The Kier molecular flexibility index (Phi) is 5.83. The van der Waals surface area contributed by atoms with Gasteiger partial charge in [0.05, 0.1) is 36.0 Å². The number of aromatic nitrogens is 1. The number of rotatable bonds is 6. The summed E-state index contributed by atoms with van der Waals surface area (Å²) < 4.78 is 5.87. The number of esters is 1. The molecule has 1 amide bonds. The molecule has 0 spiro atoms. The van der Waals surface area contributed by atoms with Crippen LogP contribution in [0, 0.1) is 6.92 Å². The van der Waals surface area contributed by atoms with Gasteiger partial charge in [0.15, 0.2) is 0 Å². The Hall–Kier alpha value is -2.77. The highest BCUT2D eigenvalue weighted by atomic mass is 32.1. The zero-order chi connectivity index (χ0) is 19.4. The van der Waals surface area contributed by atoms with Crippen molar-refractivity contribution in [1.82, 2.24) is 9.88 Å². The van der Waals surface area contributed by atoms with Gasteiger partial charge in [-0.05, 0) is 43.8 Å². The van der Waals surface area contributed by atoms with Crippen LogP contribution in [0.15, 0.2) is 42.5 Å². The van der Waals surface area contributed by atoms with E-state index in [-0.39, 0.29) is 12.5 Å². The van der Waals surface area contributed by atoms with E-state index in [1.165, 1.54) is 7.11 Å². The van der Waals surface area contributed by atoms with Gasteiger partial charge in [0.1, 0.15) is 5.01 Å². The molecule has 1 heterocycles. The van der Waals surface area contributed by atoms with Crippen LogP contribution in [0.25, 0.3) is 10.2 Å². The third kappa shape index (κ3) is 4.69. The van der Waals surface area contributed by atoms with E-state index in [1.54, 1.807) is 29.5 Å². The number of carbonyl (C=O) groups excluding carboxylic acids is 2. The van der Waals surface area contributed by atoms with Crippen LogP contribution < -0.4 is 5.32 Å². The lowest BCUT2D eigenvalue weighted by molar-refractivity contribution is -0.117. The van der Waals surface area contributed by atoms with Crippen molar-refractivity contribution in [2.75, 3.05) is 26.0 Å². The number of aryl methyl sites for hydroxylation is 1. The molecule has 0 bridgehead atoms. The molecule has 3 aromatic rings. The molecule has 0 saturated heterocycles. The number of fused-ring (bicyclic) bond motifs is 1. The van der Waals surface area contributed by atoms with Crippen molar-refractivity contribution in [2.24, 2.45) is 0 Å². The fraction of sp³-hybridized carbons (Fsp3) is 0.250. The Morgan fingerprint density at radius 1 is 1.22 bits per heavy atom. The van der Waals surface area contributed by atoms with Gasteiger partial charge in [0, 0.05) is 5.69 Å². The molecule has 7 heteroatoms. The molecule has 140 valence electrons. The fourth-order valence-electron chi connectivity index (χ4n) is 2.71. The van der Waals surface area contributed by atoms with Crippen LogP contribution in [-0.2, 0) is 16.1 Å². The number of methoxy groups -OCH3 is 1. The minimum atomic E-state index is -0.432. The van der Waals surface area contributed by atoms with Crippen LogP contribution in [0.3, 0.4) is 0 Å². The molecular formula is C20H21N3O3S. The summed E-state index contributed by atoms with van der Waals surface area (Å²) in [6.07, 6.45) is 0. The van der Waals surface area contributed by atoms with E-state index in [0.717, 1.165) is 20.8 Å². The van der Waals surface area contributed by atoms with Gasteiger partial charge < -0.3 is 10.1 Å². The van der Waals surface area contributed by atoms with Gasteiger partial charge in [-0.3, -0.25) is 9.69 Å². The fourth-order valence-corrected chi connectivity index (χ4v) is 3.76. The maximum absolute atomic E-state index is 12.4. The number of thiazole rings is 1. The zero-order valence-corrected chi connectivity index (χ0v) is 16.3. The van der Waals surface area contributed by atoms with E-state index >= 15 is 0 Å². The van der Waals surface area contributed by atoms with Crippen molar-refractivity contribution < 1.29 is 14.3 Å². The van der Waals surface area contributed by atoms with Gasteiger partial charge in [-0.25, -0.2) is 9.78 Å². The Balaban J connectivity index is 1.62. The Morgan fingerprint density at radius 2 is 2.00 bits per heavy atom. The lowest BCUT2D eigenvalue weighted by Gasteiger charge is -2.16. The third-order valence-electron chi connectivity index (χ3n) is 4.09. The van der Waals surface area contributed by atoms with Crippen LogP contribution in [0.1, 0.15) is 20.9 Å². The van der Waals surface area contributed by atoms with Gasteiger partial charge in [0.25, 0.3) is 0 Å². The summed E-state index contributed by atoms with van der Waals surface area (Å²) in [6, 6.07) is 13.1. The summed E-state index contributed by atoms with van der Waals surface area (Å²) in [4.78, 5) is 30.6. The summed E-state index contributed by atoms with van der Waals surface area (Å²) in [5, 5.41) is 3.84. The number of para-hydroxylation sites is 1. The lowest BCUT2D eigenvalue weighted by atomic mass is 10.1. The van der Waals surface area contributed by atoms with Crippen molar-refractivity contribution in [3.63, 3.8) is 0 Å². The number of anilines is 1. The molecule has 0 radical (unpaired) electrons. The highest BCUT2D eigenvalue weighted by Crippen LogP contribution is 2.22. The minimum Gasteiger partial charge on any atom is -0.465 e. The maximum atomic E-state index is 12.4. The molecule has 2 aromatic carbocycles. The van der Waals surface area contributed by atoms with E-state index < -0.39 is 5.97 Å². The Labute approximate surface area is 161 Å². The molecule has 0 aliphatic rings. The molecular weight excluding hydrogens is 362 g/mol. The molecule has 0 atom stereocenters. The normalized spacial score (nSPS) is 11.0. The molecule has 27 heavy (non-hydrogen) atoms. The van der Waals surface area contributed by atoms with Crippen molar-refractivity contribution in [3.05, 3.63) is 58.6 Å². The molecule has 3 rings (SSSR count). The van der Waals surface area contributed by atoms with Crippen LogP contribution in [0.2, 0.25) is 0 Å². The van der Waals surface area contributed by atoms with Crippen molar-refractivity contribution >= 4 is 39.1 Å². The average Bonchev–Trinajstić information content (AvgIpc) is 3.04. The monoisotopic (exact) mass is 383 g/mol. The predicted molar refractivity (Wildman–Crippen MR) is 107 cm³/mol. The topological polar surface area (TPSA) is 71.5 Å². The van der Waals surface area contributed by atoms with E-state index in [2.05, 4.69) is 10.3 Å². The van der Waals surface area contributed by atoms with Crippen LogP contribution in [0.5, 0.6) is 0 Å². The summed E-state index contributed by atoms with van der Waals surface area (Å²) in [5.41, 5.74) is 2.87. The second-order valence-electron chi connectivity index (χ2n) is 6.32. The second-order valence-corrected chi connectivity index (χ2v) is 7.43. The molecule has 6 nitrogen and oxygen atoms in total. The zero-order valence-electron chi connectivity index (χ0n) is 15.5. The molecule has 0 saturated carbocycles. The SMILES string of the molecule is COC(=O)c1ccc(C)c(NC(=O)CN(C)Cc2nc3ccccc3s2)c1. The third-order valence-corrected chi connectivity index (χ3v) is 5.11. The number of nitrogens with one attached hydrogen (secondary N) is 1. The molecule has 0 unspecified atom stereocenters. The first-order valence-corrected chi connectivity index (χ1v) is 9.29. The van der Waals surface area contributed by atoms with Crippen LogP contribution in [0.4, 0.5) is 5.69 Å². The largest absolute Gasteiger partial charge is 0.465 e. The number of likely N-dealkylation sites (N-methyl/N-ethyl adjacent to an activating group) is 1. The summed E-state index contributed by atoms with van der Waals surface area (Å²) in [6.45, 7) is 2.69. The lowest BCUT2D eigenvalue weighted by Crippen LogP contribution is -2.30. The highest BCUT2D eigenvalue weighted by molar-refractivity contribution is 7.18. The van der Waals surface area contributed by atoms with Crippen molar-refractivity contribution in [1.29, 1.82) is 0 Å². The smallest absolute Gasteiger partial charge is 0.337 e. The molecule has 1 aromatic heterocycles. The minimum absolute atomic E-state index is 0.149. The number of ether oxygens (including phenoxy) is 1. The number of hydrogen-bond donors (Lipinski definition) is 1. The van der Waals surface area contributed by atoms with E-state index in [1.807, 2.05) is 43.1 Å². The quantitative estimate of drug-likeness (QED) is 0.660. The number of carbonyl (C=O) groups is 2. The maximum Gasteiger partial charge on any atom is 0.337 e. The number of hydrogen-bond acceptors (Lipinski definition) is 6. The van der Waals surface area contributed by atoms with Crippen molar-refractivity contribution in [2.45, 2.75) is 13.5 Å². The highest BCUT2D eigenvalue weighted by Gasteiger charge is 2.13. The molecule has 1 N–H and O–H groups in total. The first-order chi connectivity index (χ1) is 13.0. The van der Waals surface area contributed by atoms with Crippen LogP contribution >= 0.6 is 11.3 Å². The number of benzene rings is 2. The van der Waals surface area contributed by atoms with Gasteiger partial charge in [-0.1, -0.05) is 18.2 Å². The second kappa shape index (κ2) is 8.28. The van der Waals surface area contributed by atoms with E-state index in [0.29, 0.717) is 17.8 Å². The standard InChI is InChI=1S/C20H21N3O3S/c1-13-8-9-14(20(25)26-3)10-16(13)21-18(24)11-23(2)12-19-22-15-6-4-5-7-17(15)27-19/h4-10H,11-12H2,1-3H3,(H,21,24). The van der Waals surface area contributed by atoms with E-state index in [4.69, 9.17) is 4.74 Å². The summed E-state index contributed by atoms with van der Waals surface area (Å²) >= 11 is 1.63. The van der Waals surface area contributed by atoms with Gasteiger partial charge >= 0.3 is 5.97 Å². The van der Waals surface area contributed by atoms with Crippen molar-refractivity contribution in [3.8, 4) is 0 Å². The van der Waals surface area contributed by atoms with Gasteiger partial charge in [-0.2, -0.15) is 0 Å². The molecule has 0 aliphatic heterocycles. The number of nitrogens with zero attached hydrogens (tertiary/aromatic N) is 2. The predicted octanol–water partition coefficient (Wildman–Crippen LogP) is 3.46. The van der Waals surface area contributed by atoms with E-state index in [9.17, 15) is 9.59 Å². The first-order valence-electron chi connectivity index (χ1n) is 8.48. The van der Waals surface area contributed by atoms with Crippen LogP contribution in [-0.4, -0.2) is 42.5 Å². The van der Waals surface area contributed by atoms with Gasteiger partial charge in [-0.15, -0.1) is 11.3 Å². The molecule has 0 fully saturated rings.